The molecule has 0 saturated heterocycles. The molecule has 1 aromatic heterocycles. The van der Waals surface area contributed by atoms with Gasteiger partial charge in [-0.15, -0.1) is 0 Å². The third kappa shape index (κ3) is 3.56. The Hall–Kier alpha value is -2.84. The number of nitrogens with zero attached hydrogens (tertiary/aromatic N) is 2. The molecule has 26 heavy (non-hydrogen) atoms. The van der Waals surface area contributed by atoms with E-state index in [-0.39, 0.29) is 5.92 Å². The summed E-state index contributed by atoms with van der Waals surface area (Å²) in [5.41, 5.74) is 4.82. The van der Waals surface area contributed by atoms with E-state index in [2.05, 4.69) is 64.1 Å². The molecule has 2 nitrogen and oxygen atoms in total. The van der Waals surface area contributed by atoms with Crippen molar-refractivity contribution in [3.63, 3.8) is 0 Å². The van der Waals surface area contributed by atoms with Gasteiger partial charge in [0.1, 0.15) is 0 Å². The maximum atomic E-state index is 6.51. The zero-order valence-electron chi connectivity index (χ0n) is 14.3. The minimum atomic E-state index is 0.169. The molecule has 0 amide bonds. The second-order valence-electron chi connectivity index (χ2n) is 6.32. The first-order valence-electron chi connectivity index (χ1n) is 8.67. The van der Waals surface area contributed by atoms with Crippen LogP contribution >= 0.6 is 11.6 Å². The number of hydrogen-bond acceptors (Lipinski definition) is 1. The highest BCUT2D eigenvalue weighted by Gasteiger charge is 2.17. The Labute approximate surface area is 158 Å². The zero-order chi connectivity index (χ0) is 17.8. The Morgan fingerprint density at radius 2 is 1.50 bits per heavy atom. The van der Waals surface area contributed by atoms with Crippen molar-refractivity contribution in [3.05, 3.63) is 114 Å². The lowest BCUT2D eigenvalue weighted by molar-refractivity contribution is 0.624. The van der Waals surface area contributed by atoms with Crippen LogP contribution in [0, 0.1) is 0 Å². The van der Waals surface area contributed by atoms with Gasteiger partial charge < -0.3 is 4.57 Å². The predicted molar refractivity (Wildman–Crippen MR) is 107 cm³/mol. The Balaban J connectivity index is 1.71. The average Bonchev–Trinajstić information content (AvgIpc) is 3.21. The second-order valence-corrected chi connectivity index (χ2v) is 6.73. The van der Waals surface area contributed by atoms with E-state index in [0.29, 0.717) is 0 Å². The molecular weight excluding hydrogens is 340 g/mol. The van der Waals surface area contributed by atoms with E-state index in [0.717, 1.165) is 17.1 Å². The molecule has 4 aromatic rings. The van der Waals surface area contributed by atoms with Gasteiger partial charge in [0.25, 0.3) is 0 Å². The molecule has 0 N–H and O–H groups in total. The molecule has 3 aromatic carbocycles. The standard InChI is InChI=1S/C23H19ClN2/c24-23-9-5-4-8-21(23)22(16-26-15-14-25-17-26)20-12-10-19(11-13-20)18-6-2-1-3-7-18/h1-15,17,22H,16H2. The van der Waals surface area contributed by atoms with Crippen LogP contribution in [0.4, 0.5) is 0 Å². The van der Waals surface area contributed by atoms with E-state index in [9.17, 15) is 0 Å². The molecular formula is C23H19ClN2. The molecule has 0 aliphatic carbocycles. The van der Waals surface area contributed by atoms with Crippen molar-refractivity contribution in [2.75, 3.05) is 0 Å². The van der Waals surface area contributed by atoms with Crippen LogP contribution in [0.25, 0.3) is 11.1 Å². The van der Waals surface area contributed by atoms with Crippen LogP contribution in [0.5, 0.6) is 0 Å². The Morgan fingerprint density at radius 3 is 2.19 bits per heavy atom. The SMILES string of the molecule is Clc1ccccc1C(Cn1ccnc1)c1ccc(-c2ccccc2)cc1. The van der Waals surface area contributed by atoms with Crippen LogP contribution in [0.2, 0.25) is 5.02 Å². The summed E-state index contributed by atoms with van der Waals surface area (Å²) in [4.78, 5) is 4.17. The normalized spacial score (nSPS) is 12.0. The monoisotopic (exact) mass is 358 g/mol. The molecule has 0 radical (unpaired) electrons. The first-order valence-corrected chi connectivity index (χ1v) is 9.04. The van der Waals surface area contributed by atoms with Gasteiger partial charge in [-0.25, -0.2) is 4.98 Å². The third-order valence-corrected chi connectivity index (χ3v) is 5.00. The molecule has 0 fully saturated rings. The lowest BCUT2D eigenvalue weighted by Gasteiger charge is -2.20. The first-order chi connectivity index (χ1) is 12.8. The molecule has 0 aliphatic heterocycles. The summed E-state index contributed by atoms with van der Waals surface area (Å²) in [5, 5.41) is 0.796. The summed E-state index contributed by atoms with van der Waals surface area (Å²) in [6.07, 6.45) is 5.65. The minimum Gasteiger partial charge on any atom is -0.337 e. The topological polar surface area (TPSA) is 17.8 Å². The average molecular weight is 359 g/mol. The Bertz CT molecular complexity index is 961. The number of rotatable bonds is 5. The van der Waals surface area contributed by atoms with Gasteiger partial charge in [0.15, 0.2) is 0 Å². The van der Waals surface area contributed by atoms with Gasteiger partial charge >= 0.3 is 0 Å². The zero-order valence-corrected chi connectivity index (χ0v) is 15.1. The van der Waals surface area contributed by atoms with Gasteiger partial charge in [-0.05, 0) is 28.3 Å². The van der Waals surface area contributed by atoms with Crippen LogP contribution in [0.3, 0.4) is 0 Å². The van der Waals surface area contributed by atoms with Crippen molar-refractivity contribution >= 4 is 11.6 Å². The Morgan fingerprint density at radius 1 is 0.808 bits per heavy atom. The second kappa shape index (κ2) is 7.59. The fourth-order valence-electron chi connectivity index (χ4n) is 3.29. The molecule has 4 rings (SSSR count). The van der Waals surface area contributed by atoms with E-state index in [4.69, 9.17) is 11.6 Å². The maximum Gasteiger partial charge on any atom is 0.0946 e. The van der Waals surface area contributed by atoms with Crippen LogP contribution in [0.1, 0.15) is 17.0 Å². The molecule has 0 bridgehead atoms. The number of imidazole rings is 1. The van der Waals surface area contributed by atoms with E-state index in [1.165, 1.54) is 16.7 Å². The summed E-state index contributed by atoms with van der Waals surface area (Å²) in [5.74, 6) is 0.169. The van der Waals surface area contributed by atoms with Crippen molar-refractivity contribution in [1.82, 2.24) is 9.55 Å². The molecule has 0 saturated carbocycles. The summed E-state index contributed by atoms with van der Waals surface area (Å²) >= 11 is 6.51. The van der Waals surface area contributed by atoms with Crippen molar-refractivity contribution in [3.8, 4) is 11.1 Å². The van der Waals surface area contributed by atoms with Gasteiger partial charge in [0.2, 0.25) is 0 Å². The number of aromatic nitrogens is 2. The van der Waals surface area contributed by atoms with Crippen molar-refractivity contribution in [2.24, 2.45) is 0 Å². The van der Waals surface area contributed by atoms with Crippen molar-refractivity contribution in [1.29, 1.82) is 0 Å². The van der Waals surface area contributed by atoms with Crippen molar-refractivity contribution in [2.45, 2.75) is 12.5 Å². The summed E-state index contributed by atoms with van der Waals surface area (Å²) in [7, 11) is 0. The van der Waals surface area contributed by atoms with Gasteiger partial charge in [-0.2, -0.15) is 0 Å². The molecule has 1 heterocycles. The van der Waals surface area contributed by atoms with Gasteiger partial charge in [0.05, 0.1) is 6.33 Å². The first kappa shape index (κ1) is 16.6. The van der Waals surface area contributed by atoms with Crippen LogP contribution in [-0.2, 0) is 6.54 Å². The Kier molecular flexibility index (Phi) is 4.85. The minimum absolute atomic E-state index is 0.169. The quantitative estimate of drug-likeness (QED) is 0.425. The van der Waals surface area contributed by atoms with Gasteiger partial charge in [-0.3, -0.25) is 0 Å². The maximum absolute atomic E-state index is 6.51. The van der Waals surface area contributed by atoms with E-state index in [1.807, 2.05) is 43.0 Å². The fraction of sp³-hybridized carbons (Fsp3) is 0.0870. The molecule has 1 atom stereocenters. The smallest absolute Gasteiger partial charge is 0.0946 e. The highest BCUT2D eigenvalue weighted by atomic mass is 35.5. The van der Waals surface area contributed by atoms with Gasteiger partial charge in [-0.1, -0.05) is 84.4 Å². The van der Waals surface area contributed by atoms with Crippen LogP contribution in [0.15, 0.2) is 97.6 Å². The molecule has 0 spiro atoms. The number of hydrogen-bond donors (Lipinski definition) is 0. The fourth-order valence-corrected chi connectivity index (χ4v) is 3.55. The van der Waals surface area contributed by atoms with Crippen LogP contribution < -0.4 is 0 Å². The largest absolute Gasteiger partial charge is 0.337 e. The third-order valence-electron chi connectivity index (χ3n) is 4.65. The molecule has 3 heteroatoms. The van der Waals surface area contributed by atoms with Crippen molar-refractivity contribution < 1.29 is 0 Å². The number of halogens is 1. The predicted octanol–water partition coefficient (Wildman–Crippen LogP) is 6.04. The lowest BCUT2D eigenvalue weighted by Crippen LogP contribution is -2.10. The highest BCUT2D eigenvalue weighted by Crippen LogP contribution is 2.33. The van der Waals surface area contributed by atoms with E-state index in [1.54, 1.807) is 0 Å². The van der Waals surface area contributed by atoms with E-state index < -0.39 is 0 Å². The molecule has 128 valence electrons. The summed E-state index contributed by atoms with van der Waals surface area (Å²) in [6, 6.07) is 27.3. The number of benzene rings is 3. The lowest BCUT2D eigenvalue weighted by atomic mass is 9.90. The highest BCUT2D eigenvalue weighted by molar-refractivity contribution is 6.31. The summed E-state index contributed by atoms with van der Waals surface area (Å²) < 4.78 is 2.10. The molecule has 0 aliphatic rings. The van der Waals surface area contributed by atoms with Gasteiger partial charge in [0, 0.05) is 29.9 Å². The summed E-state index contributed by atoms with van der Waals surface area (Å²) in [6.45, 7) is 0.800. The molecule has 1 unspecified atom stereocenters. The van der Waals surface area contributed by atoms with E-state index >= 15 is 0 Å². The van der Waals surface area contributed by atoms with Crippen LogP contribution in [-0.4, -0.2) is 9.55 Å².